The van der Waals surface area contributed by atoms with E-state index >= 15 is 0 Å². The molecule has 0 bridgehead atoms. The molecule has 0 amide bonds. The second-order valence-corrected chi connectivity index (χ2v) is 6.75. The average Bonchev–Trinajstić information content (AvgIpc) is 2.47. The summed E-state index contributed by atoms with van der Waals surface area (Å²) in [5, 5.41) is 5.04. The number of benzene rings is 2. The van der Waals surface area contributed by atoms with E-state index in [0.29, 0.717) is 5.56 Å². The lowest BCUT2D eigenvalue weighted by Crippen LogP contribution is -2.35. The van der Waals surface area contributed by atoms with E-state index < -0.39 is 27.9 Å². The number of nitrogens with one attached hydrogen (secondary N) is 1. The number of nitrogens with two attached hydrogens (primary N) is 1. The van der Waals surface area contributed by atoms with Crippen molar-refractivity contribution in [2.45, 2.75) is 10.9 Å². The highest BCUT2D eigenvalue weighted by Gasteiger charge is 2.20. The maximum absolute atomic E-state index is 13.4. The molecule has 3 N–H and O–H groups in total. The zero-order valence-corrected chi connectivity index (χ0v) is 13.2. The highest BCUT2D eigenvalue weighted by molar-refractivity contribution is 7.98. The molecule has 0 aromatic heterocycles. The lowest BCUT2D eigenvalue weighted by atomic mass is 9.99. The Hall–Kier alpha value is -1.48. The van der Waals surface area contributed by atoms with E-state index in [-0.39, 0.29) is 5.56 Å². The Labute approximate surface area is 131 Å². The fourth-order valence-corrected chi connectivity index (χ4v) is 3.08. The molecular formula is C14H14F2N2O2S2. The van der Waals surface area contributed by atoms with E-state index in [1.807, 2.05) is 12.3 Å². The van der Waals surface area contributed by atoms with Crippen LogP contribution in [-0.4, -0.2) is 14.7 Å². The van der Waals surface area contributed by atoms with Crippen LogP contribution >= 0.6 is 11.8 Å². The molecule has 118 valence electrons. The van der Waals surface area contributed by atoms with E-state index in [1.54, 1.807) is 18.2 Å². The van der Waals surface area contributed by atoms with Crippen molar-refractivity contribution >= 4 is 22.0 Å². The molecule has 0 spiro atoms. The van der Waals surface area contributed by atoms with Crippen LogP contribution in [-0.2, 0) is 10.2 Å². The predicted molar refractivity (Wildman–Crippen MR) is 82.7 cm³/mol. The first kappa shape index (κ1) is 16.9. The first-order chi connectivity index (χ1) is 10.3. The fraction of sp³-hybridized carbons (Fsp3) is 0.143. The predicted octanol–water partition coefficient (Wildman–Crippen LogP) is 2.57. The third-order valence-corrected chi connectivity index (χ3v) is 4.28. The van der Waals surface area contributed by atoms with Crippen molar-refractivity contribution in [3.63, 3.8) is 0 Å². The lowest BCUT2D eigenvalue weighted by Gasteiger charge is -2.19. The SMILES string of the molecule is CSc1cccc([C@H](NS(N)(=O)=O)c2ccc(F)c(F)c2)c1. The fourth-order valence-electron chi connectivity index (χ4n) is 2.01. The average molecular weight is 344 g/mol. The van der Waals surface area contributed by atoms with E-state index in [9.17, 15) is 17.2 Å². The minimum absolute atomic E-state index is 0.256. The van der Waals surface area contributed by atoms with Gasteiger partial charge >= 0.3 is 0 Å². The Morgan fingerprint density at radius 2 is 1.77 bits per heavy atom. The van der Waals surface area contributed by atoms with Crippen LogP contribution in [0.4, 0.5) is 8.78 Å². The van der Waals surface area contributed by atoms with E-state index in [4.69, 9.17) is 5.14 Å². The van der Waals surface area contributed by atoms with Gasteiger partial charge in [-0.1, -0.05) is 18.2 Å². The van der Waals surface area contributed by atoms with Crippen molar-refractivity contribution in [2.75, 3.05) is 6.26 Å². The molecule has 0 radical (unpaired) electrons. The topological polar surface area (TPSA) is 72.2 Å². The minimum atomic E-state index is -4.04. The Morgan fingerprint density at radius 1 is 1.09 bits per heavy atom. The lowest BCUT2D eigenvalue weighted by molar-refractivity contribution is 0.505. The van der Waals surface area contributed by atoms with Crippen LogP contribution in [0.25, 0.3) is 0 Å². The van der Waals surface area contributed by atoms with Crippen LogP contribution in [0.15, 0.2) is 47.4 Å². The first-order valence-corrected chi connectivity index (χ1v) is 8.96. The van der Waals surface area contributed by atoms with Gasteiger partial charge in [-0.15, -0.1) is 11.8 Å². The molecule has 1 atom stereocenters. The normalized spacial score (nSPS) is 13.1. The smallest absolute Gasteiger partial charge is 0.216 e. The van der Waals surface area contributed by atoms with Gasteiger partial charge in [0.1, 0.15) is 0 Å². The molecule has 0 saturated carbocycles. The Bertz CT molecular complexity index is 782. The van der Waals surface area contributed by atoms with Gasteiger partial charge in [0.05, 0.1) is 6.04 Å². The van der Waals surface area contributed by atoms with Gasteiger partial charge in [0.2, 0.25) is 0 Å². The summed E-state index contributed by atoms with van der Waals surface area (Å²) in [6, 6.07) is 9.35. The number of rotatable bonds is 5. The molecule has 22 heavy (non-hydrogen) atoms. The van der Waals surface area contributed by atoms with Crippen molar-refractivity contribution in [2.24, 2.45) is 5.14 Å². The highest BCUT2D eigenvalue weighted by Crippen LogP contribution is 2.27. The monoisotopic (exact) mass is 344 g/mol. The molecular weight excluding hydrogens is 330 g/mol. The van der Waals surface area contributed by atoms with Gasteiger partial charge in [0.15, 0.2) is 11.6 Å². The molecule has 0 saturated heterocycles. The van der Waals surface area contributed by atoms with E-state index in [1.165, 1.54) is 17.8 Å². The molecule has 2 aromatic rings. The van der Waals surface area contributed by atoms with Gasteiger partial charge in [0.25, 0.3) is 10.2 Å². The third-order valence-electron chi connectivity index (χ3n) is 2.99. The molecule has 0 heterocycles. The second kappa shape index (κ2) is 6.74. The maximum atomic E-state index is 13.4. The number of thioether (sulfide) groups is 1. The molecule has 0 aliphatic heterocycles. The second-order valence-electron chi connectivity index (χ2n) is 4.55. The minimum Gasteiger partial charge on any atom is -0.216 e. The van der Waals surface area contributed by atoms with Crippen LogP contribution in [0, 0.1) is 11.6 Å². The molecule has 0 aliphatic carbocycles. The van der Waals surface area contributed by atoms with Crippen molar-refractivity contribution in [3.8, 4) is 0 Å². The maximum Gasteiger partial charge on any atom is 0.275 e. The van der Waals surface area contributed by atoms with Gasteiger partial charge in [-0.05, 0) is 41.6 Å². The van der Waals surface area contributed by atoms with Gasteiger partial charge in [0, 0.05) is 4.90 Å². The summed E-state index contributed by atoms with van der Waals surface area (Å²) in [6.45, 7) is 0. The molecule has 2 rings (SSSR count). The molecule has 0 fully saturated rings. The van der Waals surface area contributed by atoms with Crippen molar-refractivity contribution in [3.05, 3.63) is 65.2 Å². The van der Waals surface area contributed by atoms with Crippen LogP contribution in [0.5, 0.6) is 0 Å². The first-order valence-electron chi connectivity index (χ1n) is 6.19. The zero-order valence-electron chi connectivity index (χ0n) is 11.6. The molecule has 2 aromatic carbocycles. The third kappa shape index (κ3) is 4.26. The van der Waals surface area contributed by atoms with Crippen LogP contribution in [0.2, 0.25) is 0 Å². The summed E-state index contributed by atoms with van der Waals surface area (Å²) in [4.78, 5) is 0.904. The van der Waals surface area contributed by atoms with Crippen molar-refractivity contribution in [1.29, 1.82) is 0 Å². The van der Waals surface area contributed by atoms with E-state index in [2.05, 4.69) is 4.72 Å². The summed E-state index contributed by atoms with van der Waals surface area (Å²) < 4.78 is 51.5. The van der Waals surface area contributed by atoms with Gasteiger partial charge in [-0.25, -0.2) is 13.9 Å². The van der Waals surface area contributed by atoms with E-state index in [0.717, 1.165) is 17.0 Å². The summed E-state index contributed by atoms with van der Waals surface area (Å²) in [5.74, 6) is -2.06. The molecule has 8 heteroatoms. The number of hydrogen-bond donors (Lipinski definition) is 2. The Balaban J connectivity index is 2.52. The Kier molecular flexibility index (Phi) is 5.17. The standard InChI is InChI=1S/C14H14F2N2O2S2/c1-21-11-4-2-3-9(7-11)14(18-22(17,19)20)10-5-6-12(15)13(16)8-10/h2-8,14,18H,1H3,(H2,17,19,20)/t14-/m0/s1. The summed E-state index contributed by atoms with van der Waals surface area (Å²) in [5.41, 5.74) is 0.832. The quantitative estimate of drug-likeness (QED) is 0.819. The summed E-state index contributed by atoms with van der Waals surface area (Å²) in [7, 11) is -4.04. The molecule has 0 aliphatic rings. The van der Waals surface area contributed by atoms with Gasteiger partial charge in [-0.3, -0.25) is 0 Å². The largest absolute Gasteiger partial charge is 0.275 e. The highest BCUT2D eigenvalue weighted by atomic mass is 32.2. The Morgan fingerprint density at radius 3 is 2.36 bits per heavy atom. The van der Waals surface area contributed by atoms with Crippen LogP contribution in [0.1, 0.15) is 17.2 Å². The van der Waals surface area contributed by atoms with Crippen molar-refractivity contribution in [1.82, 2.24) is 4.72 Å². The number of hydrogen-bond acceptors (Lipinski definition) is 3. The van der Waals surface area contributed by atoms with Crippen molar-refractivity contribution < 1.29 is 17.2 Å². The summed E-state index contributed by atoms with van der Waals surface area (Å²) >= 11 is 1.48. The van der Waals surface area contributed by atoms with Crippen LogP contribution < -0.4 is 9.86 Å². The summed E-state index contributed by atoms with van der Waals surface area (Å²) in [6.07, 6.45) is 1.87. The van der Waals surface area contributed by atoms with Crippen LogP contribution in [0.3, 0.4) is 0 Å². The molecule has 0 unspecified atom stereocenters. The molecule has 4 nitrogen and oxygen atoms in total. The number of halogens is 2. The van der Waals surface area contributed by atoms with Gasteiger partial charge < -0.3 is 0 Å². The van der Waals surface area contributed by atoms with Gasteiger partial charge in [-0.2, -0.15) is 13.1 Å². The zero-order chi connectivity index (χ0) is 16.3.